The summed E-state index contributed by atoms with van der Waals surface area (Å²) in [6, 6.07) is 5.84. The quantitative estimate of drug-likeness (QED) is 0.722. The molecule has 6 nitrogen and oxygen atoms in total. The van der Waals surface area contributed by atoms with E-state index >= 15 is 0 Å². The predicted octanol–water partition coefficient (Wildman–Crippen LogP) is -0.0269. The van der Waals surface area contributed by atoms with Crippen LogP contribution < -0.4 is 10.0 Å². The van der Waals surface area contributed by atoms with Crippen LogP contribution >= 0.6 is 0 Å². The van der Waals surface area contributed by atoms with Crippen LogP contribution in [0.25, 0.3) is 5.52 Å². The minimum absolute atomic E-state index is 0.0721. The number of hydrogen-bond acceptors (Lipinski definition) is 4. The highest BCUT2D eigenvalue weighted by Gasteiger charge is 2.06. The second-order valence-electron chi connectivity index (χ2n) is 3.90. The number of fused-ring (bicyclic) bond motifs is 1. The molecule has 0 unspecified atom stereocenters. The van der Waals surface area contributed by atoms with Crippen LogP contribution in [0.4, 0.5) is 0 Å². The van der Waals surface area contributed by atoms with Gasteiger partial charge < -0.3 is 5.32 Å². The fourth-order valence-corrected chi connectivity index (χ4v) is 2.27. The van der Waals surface area contributed by atoms with E-state index in [9.17, 15) is 8.42 Å². The minimum Gasteiger partial charge on any atom is -0.311 e. The Morgan fingerprint density at radius 3 is 3.00 bits per heavy atom. The number of nitrogens with one attached hydrogen (secondary N) is 2. The molecule has 0 saturated carbocycles. The molecule has 0 radical (unpaired) electrons. The van der Waals surface area contributed by atoms with Crippen molar-refractivity contribution in [1.82, 2.24) is 19.7 Å². The average Bonchev–Trinajstić information content (AvgIpc) is 2.78. The van der Waals surface area contributed by atoms with Crippen LogP contribution in [-0.4, -0.2) is 37.4 Å². The van der Waals surface area contributed by atoms with Gasteiger partial charge >= 0.3 is 0 Å². The van der Waals surface area contributed by atoms with Gasteiger partial charge in [-0.1, -0.05) is 6.07 Å². The Morgan fingerprint density at radius 1 is 1.39 bits per heavy atom. The number of rotatable bonds is 6. The van der Waals surface area contributed by atoms with Gasteiger partial charge in [0.2, 0.25) is 10.0 Å². The second kappa shape index (κ2) is 5.47. The lowest BCUT2D eigenvalue weighted by Crippen LogP contribution is -2.29. The van der Waals surface area contributed by atoms with Crippen molar-refractivity contribution in [2.75, 3.05) is 19.3 Å². The maximum Gasteiger partial charge on any atom is 0.212 e. The molecule has 18 heavy (non-hydrogen) atoms. The van der Waals surface area contributed by atoms with E-state index in [0.29, 0.717) is 13.1 Å². The molecule has 0 aliphatic heterocycles. The van der Waals surface area contributed by atoms with E-state index in [4.69, 9.17) is 0 Å². The molecule has 2 aromatic rings. The lowest BCUT2D eigenvalue weighted by molar-refractivity contribution is 0.583. The number of sulfonamides is 1. The molecule has 0 bridgehead atoms. The fraction of sp³-hybridized carbons (Fsp3) is 0.364. The molecule has 2 heterocycles. The molecule has 98 valence electrons. The summed E-state index contributed by atoms with van der Waals surface area (Å²) in [5.74, 6) is 0.0721. The largest absolute Gasteiger partial charge is 0.311 e. The van der Waals surface area contributed by atoms with Gasteiger partial charge in [0, 0.05) is 24.8 Å². The third-order valence-corrected chi connectivity index (χ3v) is 4.04. The summed E-state index contributed by atoms with van der Waals surface area (Å²) in [6.45, 7) is 1.01. The minimum atomic E-state index is -3.14. The van der Waals surface area contributed by atoms with Crippen LogP contribution in [0, 0.1) is 0 Å². The molecular weight excluding hydrogens is 252 g/mol. The summed E-state index contributed by atoms with van der Waals surface area (Å²) >= 11 is 0. The lowest BCUT2D eigenvalue weighted by atomic mass is 10.2. The molecule has 0 saturated heterocycles. The Bertz CT molecular complexity index is 621. The molecule has 2 N–H and O–H groups in total. The van der Waals surface area contributed by atoms with Crippen LogP contribution in [-0.2, 0) is 16.6 Å². The van der Waals surface area contributed by atoms with Gasteiger partial charge in [-0.2, -0.15) is 5.10 Å². The number of nitrogens with zero attached hydrogens (tertiary/aromatic N) is 2. The molecule has 0 aliphatic carbocycles. The van der Waals surface area contributed by atoms with Crippen LogP contribution in [0.2, 0.25) is 0 Å². The summed E-state index contributed by atoms with van der Waals surface area (Å²) in [5, 5.41) is 7.31. The SMILES string of the molecule is CNS(=O)(=O)CCNCc1cnn2ccccc12. The molecule has 2 rings (SSSR count). The first kappa shape index (κ1) is 13.0. The van der Waals surface area contributed by atoms with Crippen molar-refractivity contribution in [1.29, 1.82) is 0 Å². The van der Waals surface area contributed by atoms with Crippen molar-refractivity contribution in [3.63, 3.8) is 0 Å². The number of hydrogen-bond donors (Lipinski definition) is 2. The van der Waals surface area contributed by atoms with Crippen molar-refractivity contribution in [2.45, 2.75) is 6.54 Å². The smallest absolute Gasteiger partial charge is 0.212 e. The van der Waals surface area contributed by atoms with Crippen molar-refractivity contribution in [3.8, 4) is 0 Å². The normalized spacial score (nSPS) is 12.1. The predicted molar refractivity (Wildman–Crippen MR) is 69.7 cm³/mol. The van der Waals surface area contributed by atoms with Gasteiger partial charge in [-0.3, -0.25) is 0 Å². The summed E-state index contributed by atoms with van der Waals surface area (Å²) in [4.78, 5) is 0. The zero-order valence-electron chi connectivity index (χ0n) is 10.1. The highest BCUT2D eigenvalue weighted by Crippen LogP contribution is 2.08. The zero-order chi connectivity index (χ0) is 13.0. The summed E-state index contributed by atoms with van der Waals surface area (Å²) < 4.78 is 26.5. The van der Waals surface area contributed by atoms with Gasteiger partial charge in [-0.15, -0.1) is 0 Å². The standard InChI is InChI=1S/C11H16N4O2S/c1-12-18(16,17)7-5-13-8-10-9-14-15-6-3-2-4-11(10)15/h2-4,6,9,12-13H,5,7-8H2,1H3. The highest BCUT2D eigenvalue weighted by molar-refractivity contribution is 7.89. The van der Waals surface area contributed by atoms with Gasteiger partial charge in [0.15, 0.2) is 0 Å². The molecular formula is C11H16N4O2S. The van der Waals surface area contributed by atoms with Gasteiger partial charge in [0.1, 0.15) is 0 Å². The topological polar surface area (TPSA) is 75.5 Å². The van der Waals surface area contributed by atoms with Crippen LogP contribution in [0.3, 0.4) is 0 Å². The number of aromatic nitrogens is 2. The van der Waals surface area contributed by atoms with E-state index in [-0.39, 0.29) is 5.75 Å². The van der Waals surface area contributed by atoms with Crippen LogP contribution in [0.5, 0.6) is 0 Å². The number of pyridine rings is 1. The molecule has 0 atom stereocenters. The average molecular weight is 268 g/mol. The Balaban J connectivity index is 1.91. The van der Waals surface area contributed by atoms with Crippen LogP contribution in [0.15, 0.2) is 30.6 Å². The van der Waals surface area contributed by atoms with E-state index in [1.54, 1.807) is 10.7 Å². The van der Waals surface area contributed by atoms with Gasteiger partial charge in [0.25, 0.3) is 0 Å². The third-order valence-electron chi connectivity index (χ3n) is 2.68. The monoisotopic (exact) mass is 268 g/mol. The van der Waals surface area contributed by atoms with E-state index in [1.165, 1.54) is 7.05 Å². The maximum absolute atomic E-state index is 11.2. The fourth-order valence-electron chi connectivity index (χ4n) is 1.66. The molecule has 0 amide bonds. The summed E-state index contributed by atoms with van der Waals surface area (Å²) in [6.07, 6.45) is 3.67. The van der Waals surface area contributed by atoms with E-state index in [0.717, 1.165) is 11.1 Å². The first-order chi connectivity index (χ1) is 8.62. The van der Waals surface area contributed by atoms with Crippen molar-refractivity contribution in [3.05, 3.63) is 36.2 Å². The lowest BCUT2D eigenvalue weighted by Gasteiger charge is -2.04. The summed E-state index contributed by atoms with van der Waals surface area (Å²) in [7, 11) is -1.72. The van der Waals surface area contributed by atoms with Crippen LogP contribution in [0.1, 0.15) is 5.56 Å². The third kappa shape index (κ3) is 3.06. The molecule has 0 aromatic carbocycles. The first-order valence-electron chi connectivity index (χ1n) is 5.65. The van der Waals surface area contributed by atoms with E-state index in [1.807, 2.05) is 24.4 Å². The Labute approximate surface area is 106 Å². The maximum atomic E-state index is 11.2. The van der Waals surface area contributed by atoms with Crippen molar-refractivity contribution >= 4 is 15.5 Å². The van der Waals surface area contributed by atoms with Gasteiger partial charge in [0.05, 0.1) is 17.5 Å². The first-order valence-corrected chi connectivity index (χ1v) is 7.31. The van der Waals surface area contributed by atoms with E-state index in [2.05, 4.69) is 15.1 Å². The molecule has 0 aliphatic rings. The highest BCUT2D eigenvalue weighted by atomic mass is 32.2. The molecule has 0 spiro atoms. The summed E-state index contributed by atoms with van der Waals surface area (Å²) in [5.41, 5.74) is 2.08. The van der Waals surface area contributed by atoms with Crippen molar-refractivity contribution in [2.24, 2.45) is 0 Å². The van der Waals surface area contributed by atoms with Gasteiger partial charge in [-0.25, -0.2) is 17.7 Å². The Hall–Kier alpha value is -1.44. The second-order valence-corrected chi connectivity index (χ2v) is 5.95. The molecule has 7 heteroatoms. The van der Waals surface area contributed by atoms with Gasteiger partial charge in [-0.05, 0) is 19.2 Å². The Morgan fingerprint density at radius 2 is 2.22 bits per heavy atom. The molecule has 2 aromatic heterocycles. The molecule has 0 fully saturated rings. The van der Waals surface area contributed by atoms with E-state index < -0.39 is 10.0 Å². The Kier molecular flexibility index (Phi) is 3.95. The van der Waals surface area contributed by atoms with Crippen molar-refractivity contribution < 1.29 is 8.42 Å². The zero-order valence-corrected chi connectivity index (χ0v) is 10.9.